The number of rotatable bonds is 17. The lowest BCUT2D eigenvalue weighted by Crippen LogP contribution is -3.00. The third-order valence-corrected chi connectivity index (χ3v) is 6.17. The maximum Gasteiger partial charge on any atom is 0.243 e. The minimum absolute atomic E-state index is 0. The molecule has 0 bridgehead atoms. The van der Waals surface area contributed by atoms with Crippen molar-refractivity contribution in [2.24, 2.45) is 23.5 Å². The zero-order valence-electron chi connectivity index (χ0n) is 24.5. The minimum atomic E-state index is -0.0220. The maximum atomic E-state index is 12.3. The number of allylic oxidation sites excluding steroid dienone is 7. The Labute approximate surface area is 237 Å². The normalized spacial score (nSPS) is 12.1. The number of amides is 1. The highest BCUT2D eigenvalue weighted by molar-refractivity contribution is 5.88. The van der Waals surface area contributed by atoms with Gasteiger partial charge in [-0.15, -0.1) is 0 Å². The molecule has 0 saturated carbocycles. The lowest BCUT2D eigenvalue weighted by Gasteiger charge is -2.04. The van der Waals surface area contributed by atoms with Crippen LogP contribution in [-0.2, 0) is 24.8 Å². The average Bonchev–Trinajstić information content (AvgIpc) is 3.15. The van der Waals surface area contributed by atoms with Crippen LogP contribution in [0.15, 0.2) is 64.1 Å². The Morgan fingerprint density at radius 1 is 0.974 bits per heavy atom. The number of carbonyl (C=O) groups excluding carboxylic acids is 1. The highest BCUT2D eigenvalue weighted by Crippen LogP contribution is 2.13. The summed E-state index contributed by atoms with van der Waals surface area (Å²) in [6, 6.07) is 0. The molecule has 214 valence electrons. The molecule has 1 aromatic rings. The number of carbonyl (C=O) groups is 1. The second-order valence-corrected chi connectivity index (χ2v) is 10.3. The van der Waals surface area contributed by atoms with Gasteiger partial charge in [-0.1, -0.05) is 40.5 Å². The second kappa shape index (κ2) is 20.2. The summed E-state index contributed by atoms with van der Waals surface area (Å²) in [6.07, 6.45) is 20.9. The fraction of sp³-hybridized carbons (Fsp3) is 0.567. The van der Waals surface area contributed by atoms with Gasteiger partial charge < -0.3 is 29.2 Å². The van der Waals surface area contributed by atoms with Crippen LogP contribution in [0.1, 0.15) is 85.3 Å². The van der Waals surface area contributed by atoms with E-state index in [4.69, 9.17) is 11.5 Å². The zero-order valence-corrected chi connectivity index (χ0v) is 25.3. The summed E-state index contributed by atoms with van der Waals surface area (Å²) < 4.78 is 4.21. The molecule has 0 aromatic carbocycles. The third-order valence-electron chi connectivity index (χ3n) is 6.17. The molecule has 0 fully saturated rings. The van der Waals surface area contributed by atoms with E-state index in [1.54, 1.807) is 6.08 Å². The fourth-order valence-electron chi connectivity index (χ4n) is 3.98. The Kier molecular flexibility index (Phi) is 18.7. The molecule has 38 heavy (non-hydrogen) atoms. The second-order valence-electron chi connectivity index (χ2n) is 10.3. The summed E-state index contributed by atoms with van der Waals surface area (Å²) in [5, 5.41) is 3.01. The molecule has 1 aromatic heterocycles. The van der Waals surface area contributed by atoms with Crippen molar-refractivity contribution in [3.05, 3.63) is 64.8 Å². The van der Waals surface area contributed by atoms with Crippen molar-refractivity contribution in [1.82, 2.24) is 9.88 Å². The number of imidazole rings is 1. The number of aryl methyl sites for hydroxylation is 2. The molecule has 0 saturated heterocycles. The van der Waals surface area contributed by atoms with Gasteiger partial charge in [0.2, 0.25) is 12.2 Å². The van der Waals surface area contributed by atoms with Crippen molar-refractivity contribution in [1.29, 1.82) is 0 Å². The Morgan fingerprint density at radius 3 is 2.13 bits per heavy atom. The van der Waals surface area contributed by atoms with E-state index >= 15 is 0 Å². The van der Waals surface area contributed by atoms with Crippen LogP contribution < -0.4 is 33.8 Å². The maximum absolute atomic E-state index is 12.3. The van der Waals surface area contributed by atoms with Gasteiger partial charge in [0.15, 0.2) is 5.96 Å². The van der Waals surface area contributed by atoms with Crippen molar-refractivity contribution in [2.45, 2.75) is 92.5 Å². The van der Waals surface area contributed by atoms with E-state index in [0.29, 0.717) is 13.1 Å². The number of hydrogen-bond acceptors (Lipinski definition) is 2. The van der Waals surface area contributed by atoms with Gasteiger partial charge in [0.05, 0.1) is 13.6 Å². The molecule has 5 N–H and O–H groups in total. The van der Waals surface area contributed by atoms with E-state index < -0.39 is 0 Å². The predicted molar refractivity (Wildman–Crippen MR) is 156 cm³/mol. The Balaban J connectivity index is 0.0000137. The van der Waals surface area contributed by atoms with Gasteiger partial charge in [-0.05, 0) is 73.1 Å². The minimum Gasteiger partial charge on any atom is -1.00 e. The largest absolute Gasteiger partial charge is 1.00 e. The van der Waals surface area contributed by atoms with E-state index in [2.05, 4.69) is 77.9 Å². The molecule has 7 nitrogen and oxygen atoms in total. The van der Waals surface area contributed by atoms with Crippen LogP contribution in [0.2, 0.25) is 0 Å². The number of aromatic nitrogens is 2. The van der Waals surface area contributed by atoms with Crippen LogP contribution in [-0.4, -0.2) is 29.5 Å². The van der Waals surface area contributed by atoms with Crippen molar-refractivity contribution >= 4 is 11.9 Å². The first-order valence-corrected chi connectivity index (χ1v) is 13.6. The number of nitrogens with two attached hydrogens (primary N) is 2. The smallest absolute Gasteiger partial charge is 0.243 e. The molecule has 0 unspecified atom stereocenters. The van der Waals surface area contributed by atoms with E-state index in [1.807, 2.05) is 14.0 Å². The molecule has 8 heteroatoms. The first-order valence-electron chi connectivity index (χ1n) is 13.6. The first kappa shape index (κ1) is 35.2. The number of halogens is 1. The van der Waals surface area contributed by atoms with Gasteiger partial charge in [-0.3, -0.25) is 9.79 Å². The van der Waals surface area contributed by atoms with Crippen molar-refractivity contribution < 1.29 is 21.8 Å². The van der Waals surface area contributed by atoms with Gasteiger partial charge in [-0.25, -0.2) is 9.13 Å². The SMILES string of the molecule is CC(C)=CCC/C(C)=C/CC/C(C)=C/CC/C(C)=C/C(=O)NCCc1c[n+](CCCN=C(N)N)cn1C.[Cl-]. The fourth-order valence-corrected chi connectivity index (χ4v) is 3.98. The molecular formula is C30H51ClN6O. The summed E-state index contributed by atoms with van der Waals surface area (Å²) in [5.74, 6) is 0.108. The monoisotopic (exact) mass is 546 g/mol. The van der Waals surface area contributed by atoms with Crippen LogP contribution in [0.5, 0.6) is 0 Å². The Morgan fingerprint density at radius 2 is 1.55 bits per heavy atom. The molecule has 1 rings (SSSR count). The van der Waals surface area contributed by atoms with Crippen LogP contribution >= 0.6 is 0 Å². The number of guanidine groups is 1. The number of nitrogens with zero attached hydrogens (tertiary/aromatic N) is 3. The van der Waals surface area contributed by atoms with Gasteiger partial charge >= 0.3 is 0 Å². The molecule has 0 aliphatic carbocycles. The number of aliphatic imine (C=N–C) groups is 1. The van der Waals surface area contributed by atoms with Crippen molar-refractivity contribution in [2.75, 3.05) is 13.1 Å². The first-order chi connectivity index (χ1) is 17.6. The van der Waals surface area contributed by atoms with Gasteiger partial charge in [-0.2, -0.15) is 0 Å². The van der Waals surface area contributed by atoms with Gasteiger partial charge in [0, 0.05) is 32.0 Å². The topological polar surface area (TPSA) is 102 Å². The summed E-state index contributed by atoms with van der Waals surface area (Å²) in [7, 11) is 2.02. The molecular weight excluding hydrogens is 496 g/mol. The van der Waals surface area contributed by atoms with Crippen molar-refractivity contribution in [3.8, 4) is 0 Å². The summed E-state index contributed by atoms with van der Waals surface area (Å²) in [4.78, 5) is 16.3. The summed E-state index contributed by atoms with van der Waals surface area (Å²) in [6.45, 7) is 12.8. The highest BCUT2D eigenvalue weighted by Gasteiger charge is 2.10. The average molecular weight is 547 g/mol. The van der Waals surface area contributed by atoms with Gasteiger partial charge in [0.25, 0.3) is 0 Å². The zero-order chi connectivity index (χ0) is 27.6. The van der Waals surface area contributed by atoms with E-state index in [1.165, 1.54) is 22.4 Å². The molecule has 0 spiro atoms. The lowest BCUT2D eigenvalue weighted by atomic mass is 10.0. The summed E-state index contributed by atoms with van der Waals surface area (Å²) >= 11 is 0. The van der Waals surface area contributed by atoms with Crippen LogP contribution in [0.3, 0.4) is 0 Å². The number of hydrogen-bond donors (Lipinski definition) is 3. The third kappa shape index (κ3) is 17.6. The molecule has 1 heterocycles. The van der Waals surface area contributed by atoms with Crippen LogP contribution in [0.25, 0.3) is 0 Å². The van der Waals surface area contributed by atoms with Crippen LogP contribution in [0, 0.1) is 0 Å². The molecule has 0 radical (unpaired) electrons. The standard InChI is InChI=1S/C30H50N6O.ClH/c1-24(2)11-7-12-25(3)13-8-14-26(4)15-9-16-27(5)21-29(37)33-19-17-28-22-36(23-35(28)6)20-10-18-34-30(31)32;/h11,13,15,21-23H,7-10,12,14,16-20H2,1-6H3,(H4-,31,32,33,34,37);1H/b25-13+,26-15+,27-21+;. The van der Waals surface area contributed by atoms with Gasteiger partial charge in [0.1, 0.15) is 11.9 Å². The number of nitrogens with one attached hydrogen (secondary N) is 1. The Bertz CT molecular complexity index is 992. The van der Waals surface area contributed by atoms with E-state index in [-0.39, 0.29) is 24.3 Å². The Hall–Kier alpha value is -2.80. The lowest BCUT2D eigenvalue weighted by molar-refractivity contribution is -0.696. The van der Waals surface area contributed by atoms with E-state index in [0.717, 1.165) is 63.5 Å². The summed E-state index contributed by atoms with van der Waals surface area (Å²) in [5.41, 5.74) is 17.3. The van der Waals surface area contributed by atoms with Crippen LogP contribution in [0.4, 0.5) is 0 Å². The van der Waals surface area contributed by atoms with Crippen molar-refractivity contribution in [3.63, 3.8) is 0 Å². The molecule has 1 amide bonds. The predicted octanol–water partition coefficient (Wildman–Crippen LogP) is 1.78. The highest BCUT2D eigenvalue weighted by atomic mass is 35.5. The molecule has 0 aliphatic heterocycles. The molecule has 0 atom stereocenters. The molecule has 0 aliphatic rings. The van der Waals surface area contributed by atoms with E-state index in [9.17, 15) is 4.79 Å². The quantitative estimate of drug-likeness (QED) is 0.0693.